The molecule has 96 valence electrons. The third-order valence-electron chi connectivity index (χ3n) is 1.61. The fourth-order valence-corrected chi connectivity index (χ4v) is 2.10. The zero-order valence-corrected chi connectivity index (χ0v) is 11.6. The van der Waals surface area contributed by atoms with Crippen molar-refractivity contribution in [3.63, 3.8) is 0 Å². The van der Waals surface area contributed by atoms with Crippen molar-refractivity contribution in [1.82, 2.24) is 4.98 Å². The Hall–Kier alpha value is -0.190. The molecule has 0 saturated heterocycles. The lowest BCUT2D eigenvalue weighted by Crippen LogP contribution is -2.19. The quantitative estimate of drug-likeness (QED) is 0.401. The van der Waals surface area contributed by atoms with Gasteiger partial charge in [-0.3, -0.25) is 0 Å². The highest BCUT2D eigenvalue weighted by atomic mass is 127. The Morgan fingerprint density at radius 3 is 2.41 bits per heavy atom. The van der Waals surface area contributed by atoms with Crippen LogP contribution >= 0.6 is 38.5 Å². The molecule has 0 aliphatic rings. The Bertz CT molecular complexity index is 412. The van der Waals surface area contributed by atoms with Gasteiger partial charge in [0.1, 0.15) is 5.69 Å². The van der Waals surface area contributed by atoms with E-state index in [9.17, 15) is 22.0 Å². The second-order valence-corrected chi connectivity index (χ2v) is 4.52. The lowest BCUT2D eigenvalue weighted by Gasteiger charge is -2.13. The van der Waals surface area contributed by atoms with Gasteiger partial charge in [-0.05, 0) is 28.7 Å². The van der Waals surface area contributed by atoms with Crippen LogP contribution < -0.4 is 4.74 Å². The summed E-state index contributed by atoms with van der Waals surface area (Å²) in [5.74, 6) is -0.856. The molecule has 2 nitrogen and oxygen atoms in total. The van der Waals surface area contributed by atoms with Crippen LogP contribution in [0.2, 0.25) is 0 Å². The fraction of sp³-hybridized carbons (Fsp3) is 0.375. The highest BCUT2D eigenvalue weighted by molar-refractivity contribution is 14.1. The minimum absolute atomic E-state index is 0.0188. The SMILES string of the molecule is FC(F)c1nc(OC(F)(F)F)c(CBr)cc1I. The van der Waals surface area contributed by atoms with E-state index in [1.54, 1.807) is 22.6 Å². The molecule has 0 bridgehead atoms. The fourth-order valence-electron chi connectivity index (χ4n) is 0.970. The number of pyridine rings is 1. The van der Waals surface area contributed by atoms with Crippen molar-refractivity contribution in [2.45, 2.75) is 18.1 Å². The molecule has 1 rings (SSSR count). The van der Waals surface area contributed by atoms with E-state index in [1.165, 1.54) is 6.07 Å². The van der Waals surface area contributed by atoms with E-state index in [-0.39, 0.29) is 14.5 Å². The van der Waals surface area contributed by atoms with Crippen molar-refractivity contribution in [3.05, 3.63) is 20.9 Å². The normalized spacial score (nSPS) is 12.0. The smallest absolute Gasteiger partial charge is 0.388 e. The summed E-state index contributed by atoms with van der Waals surface area (Å²) in [5, 5.41) is 0.0188. The van der Waals surface area contributed by atoms with Crippen LogP contribution in [0, 0.1) is 3.57 Å². The van der Waals surface area contributed by atoms with Crippen molar-refractivity contribution < 1.29 is 26.7 Å². The molecule has 0 aliphatic heterocycles. The molecule has 0 radical (unpaired) electrons. The summed E-state index contributed by atoms with van der Waals surface area (Å²) < 4.78 is 64.7. The second-order valence-electron chi connectivity index (χ2n) is 2.80. The number of nitrogens with zero attached hydrogens (tertiary/aromatic N) is 1. The third kappa shape index (κ3) is 4.19. The van der Waals surface area contributed by atoms with Crippen molar-refractivity contribution in [1.29, 1.82) is 0 Å². The van der Waals surface area contributed by atoms with E-state index in [0.717, 1.165) is 0 Å². The lowest BCUT2D eigenvalue weighted by atomic mass is 10.2. The van der Waals surface area contributed by atoms with E-state index in [1.807, 2.05) is 0 Å². The topological polar surface area (TPSA) is 22.1 Å². The molecule has 0 fully saturated rings. The molecule has 1 aromatic heterocycles. The van der Waals surface area contributed by atoms with Crippen LogP contribution in [0.25, 0.3) is 0 Å². The maximum Gasteiger partial charge on any atom is 0.574 e. The summed E-state index contributed by atoms with van der Waals surface area (Å²) in [7, 11) is 0. The Labute approximate surface area is 115 Å². The second kappa shape index (κ2) is 5.63. The molecule has 0 aromatic carbocycles. The molecule has 0 spiro atoms. The molecule has 0 amide bonds. The van der Waals surface area contributed by atoms with Crippen LogP contribution in [0.4, 0.5) is 22.0 Å². The van der Waals surface area contributed by atoms with E-state index in [0.29, 0.717) is 0 Å². The zero-order valence-electron chi connectivity index (χ0n) is 7.86. The van der Waals surface area contributed by atoms with Crippen LogP contribution in [0.1, 0.15) is 17.7 Å². The van der Waals surface area contributed by atoms with Gasteiger partial charge < -0.3 is 4.74 Å². The Balaban J connectivity index is 3.22. The Morgan fingerprint density at radius 1 is 1.41 bits per heavy atom. The molecule has 1 heterocycles. The third-order valence-corrected chi connectivity index (χ3v) is 3.07. The molecular formula is C8H4BrF5INO. The minimum Gasteiger partial charge on any atom is -0.388 e. The van der Waals surface area contributed by atoms with Gasteiger partial charge in [-0.15, -0.1) is 13.2 Å². The molecule has 9 heteroatoms. The molecule has 0 N–H and O–H groups in total. The van der Waals surface area contributed by atoms with Crippen LogP contribution in [0.3, 0.4) is 0 Å². The van der Waals surface area contributed by atoms with Gasteiger partial charge >= 0.3 is 6.36 Å². The Morgan fingerprint density at radius 2 is 2.00 bits per heavy atom. The first-order valence-corrected chi connectivity index (χ1v) is 6.23. The molecule has 17 heavy (non-hydrogen) atoms. The monoisotopic (exact) mass is 431 g/mol. The standard InChI is InChI=1S/C8H4BrF5INO/c9-2-3-1-4(15)5(6(10)11)16-7(3)17-8(12,13)14/h1,6H,2H2. The molecule has 0 atom stereocenters. The highest BCUT2D eigenvalue weighted by Gasteiger charge is 2.33. The molecule has 0 saturated carbocycles. The molecular weight excluding hydrogens is 428 g/mol. The van der Waals surface area contributed by atoms with Gasteiger partial charge in [0.2, 0.25) is 5.88 Å². The van der Waals surface area contributed by atoms with Gasteiger partial charge in [0.25, 0.3) is 6.43 Å². The summed E-state index contributed by atoms with van der Waals surface area (Å²) in [6.07, 6.45) is -7.92. The first-order valence-electron chi connectivity index (χ1n) is 4.03. The molecule has 1 aromatic rings. The number of alkyl halides is 6. The van der Waals surface area contributed by atoms with Crippen molar-refractivity contribution in [3.8, 4) is 5.88 Å². The number of aromatic nitrogens is 1. The molecule has 0 unspecified atom stereocenters. The van der Waals surface area contributed by atoms with E-state index in [2.05, 4.69) is 25.7 Å². The van der Waals surface area contributed by atoms with Crippen molar-refractivity contribution in [2.24, 2.45) is 0 Å². The largest absolute Gasteiger partial charge is 0.574 e. The predicted octanol–water partition coefficient (Wildman–Crippen LogP) is 4.42. The van der Waals surface area contributed by atoms with Crippen LogP contribution in [0.15, 0.2) is 6.07 Å². The Kier molecular flexibility index (Phi) is 4.93. The predicted molar refractivity (Wildman–Crippen MR) is 61.2 cm³/mol. The van der Waals surface area contributed by atoms with Crippen LogP contribution in [-0.4, -0.2) is 11.3 Å². The summed E-state index contributed by atoms with van der Waals surface area (Å²) in [6, 6.07) is 1.17. The number of hydrogen-bond donors (Lipinski definition) is 0. The summed E-state index contributed by atoms with van der Waals surface area (Å²) in [6.45, 7) is 0. The zero-order chi connectivity index (χ0) is 13.2. The van der Waals surface area contributed by atoms with Gasteiger partial charge in [-0.25, -0.2) is 13.8 Å². The number of ether oxygens (including phenoxy) is 1. The summed E-state index contributed by atoms with van der Waals surface area (Å²) >= 11 is 4.51. The maximum atomic E-state index is 12.5. The minimum atomic E-state index is -4.96. The van der Waals surface area contributed by atoms with Gasteiger partial charge in [-0.2, -0.15) is 0 Å². The number of hydrogen-bond acceptors (Lipinski definition) is 2. The van der Waals surface area contributed by atoms with Crippen molar-refractivity contribution >= 4 is 38.5 Å². The van der Waals surface area contributed by atoms with Gasteiger partial charge in [0, 0.05) is 14.5 Å². The van der Waals surface area contributed by atoms with Gasteiger partial charge in [0.05, 0.1) is 0 Å². The summed E-state index contributed by atoms with van der Waals surface area (Å²) in [4.78, 5) is 3.20. The lowest BCUT2D eigenvalue weighted by molar-refractivity contribution is -0.276. The number of rotatable bonds is 3. The van der Waals surface area contributed by atoms with Crippen LogP contribution in [0.5, 0.6) is 5.88 Å². The van der Waals surface area contributed by atoms with Crippen LogP contribution in [-0.2, 0) is 5.33 Å². The van der Waals surface area contributed by atoms with E-state index >= 15 is 0 Å². The highest BCUT2D eigenvalue weighted by Crippen LogP contribution is 2.31. The first-order chi connectivity index (χ1) is 7.74. The average Bonchev–Trinajstić information content (AvgIpc) is 2.17. The van der Waals surface area contributed by atoms with Crippen molar-refractivity contribution in [2.75, 3.05) is 0 Å². The summed E-state index contributed by atoms with van der Waals surface area (Å²) in [5.41, 5.74) is -0.675. The molecule has 0 aliphatic carbocycles. The first kappa shape index (κ1) is 14.9. The van der Waals surface area contributed by atoms with Gasteiger partial charge in [-0.1, -0.05) is 15.9 Å². The van der Waals surface area contributed by atoms with Gasteiger partial charge in [0.15, 0.2) is 0 Å². The van der Waals surface area contributed by atoms with E-state index < -0.39 is 24.4 Å². The maximum absolute atomic E-state index is 12.5. The number of halogens is 7. The average molecular weight is 432 g/mol. The van der Waals surface area contributed by atoms with E-state index in [4.69, 9.17) is 0 Å².